The highest BCUT2D eigenvalue weighted by Crippen LogP contribution is 2.24. The Hall–Kier alpha value is -0.790. The zero-order valence-electron chi connectivity index (χ0n) is 8.82. The lowest BCUT2D eigenvalue weighted by molar-refractivity contribution is 0.102. The number of anilines is 1. The average molecular weight is 436 g/mol. The normalized spacial score (nSPS) is 10.2. The number of hydrogen-bond donors (Lipinski definition) is 1. The molecule has 0 fully saturated rings. The van der Waals surface area contributed by atoms with Crippen molar-refractivity contribution >= 4 is 59.5 Å². The molecule has 2 rings (SSSR count). The van der Waals surface area contributed by atoms with E-state index in [2.05, 4.69) is 63.1 Å². The van der Waals surface area contributed by atoms with Gasteiger partial charge in [0.15, 0.2) is 0 Å². The minimum Gasteiger partial charge on any atom is -0.306 e. The summed E-state index contributed by atoms with van der Waals surface area (Å²) < 4.78 is 2.28. The fourth-order valence-electron chi connectivity index (χ4n) is 1.22. The Kier molecular flexibility index (Phi) is 4.47. The second-order valence-corrected chi connectivity index (χ2v) is 6.02. The van der Waals surface area contributed by atoms with Gasteiger partial charge in [0.05, 0.1) is 10.0 Å². The zero-order chi connectivity index (χ0) is 13.1. The molecule has 0 aliphatic heterocycles. The standard InChI is InChI=1S/C11H6Br3N3O/c12-7-1-6(3-15-4-7)11(18)17-10-9(14)2-8(13)5-16-10/h1-5H,(H,16,17,18). The molecule has 18 heavy (non-hydrogen) atoms. The molecule has 0 aromatic carbocycles. The average Bonchev–Trinajstić information content (AvgIpc) is 2.32. The van der Waals surface area contributed by atoms with Gasteiger partial charge in [-0.15, -0.1) is 0 Å². The highest BCUT2D eigenvalue weighted by Gasteiger charge is 2.10. The number of rotatable bonds is 2. The van der Waals surface area contributed by atoms with Crippen molar-refractivity contribution in [3.8, 4) is 0 Å². The van der Waals surface area contributed by atoms with Gasteiger partial charge < -0.3 is 5.32 Å². The molecule has 4 nitrogen and oxygen atoms in total. The molecule has 0 unspecified atom stereocenters. The quantitative estimate of drug-likeness (QED) is 0.775. The largest absolute Gasteiger partial charge is 0.306 e. The van der Waals surface area contributed by atoms with Crippen molar-refractivity contribution in [3.05, 3.63) is 49.7 Å². The van der Waals surface area contributed by atoms with E-state index in [1.807, 2.05) is 6.07 Å². The Morgan fingerprint density at radius 3 is 2.44 bits per heavy atom. The lowest BCUT2D eigenvalue weighted by Crippen LogP contribution is -2.13. The summed E-state index contributed by atoms with van der Waals surface area (Å²) in [4.78, 5) is 20.0. The Labute approximate surface area is 129 Å². The molecule has 92 valence electrons. The van der Waals surface area contributed by atoms with Crippen LogP contribution in [0.3, 0.4) is 0 Å². The van der Waals surface area contributed by atoms with Gasteiger partial charge in [-0.3, -0.25) is 9.78 Å². The first-order valence-corrected chi connectivity index (χ1v) is 7.17. The van der Waals surface area contributed by atoms with Crippen LogP contribution >= 0.6 is 47.8 Å². The molecule has 2 aromatic heterocycles. The topological polar surface area (TPSA) is 54.9 Å². The fourth-order valence-corrected chi connectivity index (χ4v) is 2.67. The summed E-state index contributed by atoms with van der Waals surface area (Å²) in [6.45, 7) is 0. The second kappa shape index (κ2) is 5.90. The number of pyridine rings is 2. The minimum absolute atomic E-state index is 0.265. The molecule has 0 aliphatic carbocycles. The minimum atomic E-state index is -0.265. The zero-order valence-corrected chi connectivity index (χ0v) is 13.6. The summed E-state index contributed by atoms with van der Waals surface area (Å²) in [5.41, 5.74) is 0.459. The fraction of sp³-hybridized carbons (Fsp3) is 0. The maximum absolute atomic E-state index is 12.0. The first-order chi connectivity index (χ1) is 8.56. The Morgan fingerprint density at radius 1 is 1.06 bits per heavy atom. The Morgan fingerprint density at radius 2 is 1.78 bits per heavy atom. The lowest BCUT2D eigenvalue weighted by atomic mass is 10.3. The molecular weight excluding hydrogens is 430 g/mol. The Bertz CT molecular complexity index is 604. The van der Waals surface area contributed by atoms with Crippen molar-refractivity contribution in [3.63, 3.8) is 0 Å². The smallest absolute Gasteiger partial charge is 0.258 e. The van der Waals surface area contributed by atoms with Gasteiger partial charge >= 0.3 is 0 Å². The van der Waals surface area contributed by atoms with E-state index in [9.17, 15) is 4.79 Å². The molecule has 0 saturated carbocycles. The van der Waals surface area contributed by atoms with Crippen molar-refractivity contribution in [2.75, 3.05) is 5.32 Å². The SMILES string of the molecule is O=C(Nc1ncc(Br)cc1Br)c1cncc(Br)c1. The van der Waals surface area contributed by atoms with Crippen molar-refractivity contribution < 1.29 is 4.79 Å². The highest BCUT2D eigenvalue weighted by atomic mass is 79.9. The van der Waals surface area contributed by atoms with Crippen molar-refractivity contribution in [2.45, 2.75) is 0 Å². The third kappa shape index (κ3) is 3.37. The van der Waals surface area contributed by atoms with Crippen LogP contribution in [0.1, 0.15) is 10.4 Å². The van der Waals surface area contributed by atoms with Gasteiger partial charge in [-0.1, -0.05) is 0 Å². The Balaban J connectivity index is 2.21. The molecule has 0 spiro atoms. The molecule has 0 radical (unpaired) electrons. The third-order valence-corrected chi connectivity index (χ3v) is 3.48. The lowest BCUT2D eigenvalue weighted by Gasteiger charge is -2.06. The van der Waals surface area contributed by atoms with E-state index in [1.54, 1.807) is 18.5 Å². The van der Waals surface area contributed by atoms with E-state index >= 15 is 0 Å². The van der Waals surface area contributed by atoms with E-state index in [0.29, 0.717) is 15.9 Å². The first-order valence-electron chi connectivity index (χ1n) is 4.79. The summed E-state index contributed by atoms with van der Waals surface area (Å²) in [7, 11) is 0. The number of nitrogens with zero attached hydrogens (tertiary/aromatic N) is 2. The van der Waals surface area contributed by atoms with Crippen molar-refractivity contribution in [1.29, 1.82) is 0 Å². The maximum atomic E-state index is 12.0. The molecule has 0 atom stereocenters. The number of carbonyl (C=O) groups excluding carboxylic acids is 1. The molecule has 0 bridgehead atoms. The molecule has 1 N–H and O–H groups in total. The summed E-state index contributed by atoms with van der Waals surface area (Å²) in [5, 5.41) is 2.70. The molecule has 2 heterocycles. The second-order valence-electron chi connectivity index (χ2n) is 3.33. The predicted molar refractivity (Wildman–Crippen MR) is 79.5 cm³/mol. The summed E-state index contributed by atoms with van der Waals surface area (Å²) in [6.07, 6.45) is 4.72. The summed E-state index contributed by atoms with van der Waals surface area (Å²) >= 11 is 9.89. The van der Waals surface area contributed by atoms with E-state index in [0.717, 1.165) is 8.95 Å². The van der Waals surface area contributed by atoms with Crippen LogP contribution in [0, 0.1) is 0 Å². The number of halogens is 3. The van der Waals surface area contributed by atoms with Gasteiger partial charge in [-0.25, -0.2) is 4.98 Å². The maximum Gasteiger partial charge on any atom is 0.258 e. The van der Waals surface area contributed by atoms with Crippen LogP contribution in [0.25, 0.3) is 0 Å². The predicted octanol–water partition coefficient (Wildman–Crippen LogP) is 4.02. The third-order valence-electron chi connectivity index (χ3n) is 2.01. The molecule has 1 amide bonds. The van der Waals surface area contributed by atoms with Crippen LogP contribution in [-0.2, 0) is 0 Å². The molecular formula is C11H6Br3N3O. The number of carbonyl (C=O) groups is 1. The van der Waals surface area contributed by atoms with Crippen LogP contribution in [0.2, 0.25) is 0 Å². The van der Waals surface area contributed by atoms with Gasteiger partial charge in [0.25, 0.3) is 5.91 Å². The monoisotopic (exact) mass is 433 g/mol. The van der Waals surface area contributed by atoms with E-state index in [-0.39, 0.29) is 5.91 Å². The van der Waals surface area contributed by atoms with Gasteiger partial charge in [0.2, 0.25) is 0 Å². The first kappa shape index (κ1) is 13.6. The van der Waals surface area contributed by atoms with Crippen LogP contribution in [0.15, 0.2) is 44.1 Å². The molecule has 0 aliphatic rings. The highest BCUT2D eigenvalue weighted by molar-refractivity contribution is 9.11. The van der Waals surface area contributed by atoms with Crippen molar-refractivity contribution in [2.24, 2.45) is 0 Å². The van der Waals surface area contributed by atoms with Gasteiger partial charge in [0, 0.05) is 27.5 Å². The van der Waals surface area contributed by atoms with Gasteiger partial charge in [-0.05, 0) is 59.9 Å². The number of amides is 1. The van der Waals surface area contributed by atoms with Crippen LogP contribution in [0.4, 0.5) is 5.82 Å². The van der Waals surface area contributed by atoms with Gasteiger partial charge in [-0.2, -0.15) is 0 Å². The van der Waals surface area contributed by atoms with Crippen LogP contribution in [0.5, 0.6) is 0 Å². The van der Waals surface area contributed by atoms with E-state index in [1.165, 1.54) is 6.20 Å². The number of nitrogens with one attached hydrogen (secondary N) is 1. The number of aromatic nitrogens is 2. The van der Waals surface area contributed by atoms with E-state index in [4.69, 9.17) is 0 Å². The van der Waals surface area contributed by atoms with E-state index < -0.39 is 0 Å². The molecule has 2 aromatic rings. The van der Waals surface area contributed by atoms with Gasteiger partial charge in [0.1, 0.15) is 5.82 Å². The summed E-state index contributed by atoms with van der Waals surface area (Å²) in [6, 6.07) is 3.50. The summed E-state index contributed by atoms with van der Waals surface area (Å²) in [5.74, 6) is 0.197. The van der Waals surface area contributed by atoms with Crippen molar-refractivity contribution in [1.82, 2.24) is 9.97 Å². The van der Waals surface area contributed by atoms with Crippen LogP contribution in [-0.4, -0.2) is 15.9 Å². The van der Waals surface area contributed by atoms with Crippen LogP contribution < -0.4 is 5.32 Å². The molecule has 0 saturated heterocycles. The molecule has 7 heteroatoms. The number of hydrogen-bond acceptors (Lipinski definition) is 3.